The summed E-state index contributed by atoms with van der Waals surface area (Å²) >= 11 is 0. The van der Waals surface area contributed by atoms with E-state index < -0.39 is 0 Å². The molecule has 0 bridgehead atoms. The molecule has 0 aliphatic carbocycles. The van der Waals surface area contributed by atoms with Gasteiger partial charge in [0, 0.05) is 11.6 Å². The zero-order valence-corrected chi connectivity index (χ0v) is 14.2. The number of aromatic nitrogens is 1. The summed E-state index contributed by atoms with van der Waals surface area (Å²) < 4.78 is 19.6. The highest BCUT2D eigenvalue weighted by molar-refractivity contribution is 5.36. The van der Waals surface area contributed by atoms with E-state index in [1.807, 2.05) is 0 Å². The second kappa shape index (κ2) is 9.11. The van der Waals surface area contributed by atoms with Crippen LogP contribution in [0, 0.1) is 5.82 Å². The lowest BCUT2D eigenvalue weighted by atomic mass is 9.74. The average molecular weight is 297 g/mol. The highest BCUT2D eigenvalue weighted by Gasteiger charge is 2.33. The Kier molecular flexibility index (Phi) is 7.84. The molecule has 0 saturated heterocycles. The molecule has 1 heterocycles. The molecule has 0 aliphatic heterocycles. The summed E-state index contributed by atoms with van der Waals surface area (Å²) in [5, 5.41) is 0. The molecule has 0 amide bonds. The minimum atomic E-state index is -0.152. The molecule has 0 aromatic carbocycles. The predicted octanol–water partition coefficient (Wildman–Crippen LogP) is 5.97. The molecule has 0 fully saturated rings. The number of nitrogens with one attached hydrogen (secondary N) is 1. The highest BCUT2D eigenvalue weighted by atomic mass is 19.1. The molecule has 1 rings (SSSR count). The van der Waals surface area contributed by atoms with Gasteiger partial charge in [-0.05, 0) is 12.8 Å². The van der Waals surface area contributed by atoms with Crippen LogP contribution in [0.5, 0.6) is 5.88 Å². The maximum Gasteiger partial charge on any atom is 0.197 e. The molecule has 2 nitrogen and oxygen atoms in total. The van der Waals surface area contributed by atoms with Crippen molar-refractivity contribution in [3.05, 3.63) is 17.6 Å². The molecular formula is C18H32FNO. The molecule has 1 aromatic rings. The van der Waals surface area contributed by atoms with Crippen LogP contribution in [0.3, 0.4) is 0 Å². The Labute approximate surface area is 129 Å². The van der Waals surface area contributed by atoms with Gasteiger partial charge in [-0.3, -0.25) is 0 Å². The van der Waals surface area contributed by atoms with Crippen molar-refractivity contribution in [2.75, 3.05) is 7.11 Å². The van der Waals surface area contributed by atoms with Crippen molar-refractivity contribution in [2.24, 2.45) is 0 Å². The van der Waals surface area contributed by atoms with Crippen LogP contribution in [0.2, 0.25) is 0 Å². The third kappa shape index (κ3) is 5.05. The van der Waals surface area contributed by atoms with Gasteiger partial charge < -0.3 is 9.72 Å². The van der Waals surface area contributed by atoms with E-state index in [0.717, 1.165) is 31.2 Å². The molecule has 0 saturated carbocycles. The van der Waals surface area contributed by atoms with E-state index >= 15 is 0 Å². The monoisotopic (exact) mass is 297 g/mol. The summed E-state index contributed by atoms with van der Waals surface area (Å²) in [6.07, 6.45) is 11.9. The third-order valence-corrected chi connectivity index (χ3v) is 4.52. The number of ether oxygens (including phenoxy) is 1. The van der Waals surface area contributed by atoms with Gasteiger partial charge in [-0.1, -0.05) is 65.7 Å². The van der Waals surface area contributed by atoms with Gasteiger partial charge >= 0.3 is 0 Å². The molecule has 1 atom stereocenters. The Bertz CT molecular complexity index is 402. The van der Waals surface area contributed by atoms with E-state index in [1.54, 1.807) is 7.11 Å². The van der Waals surface area contributed by atoms with Gasteiger partial charge in [0.15, 0.2) is 5.88 Å². The van der Waals surface area contributed by atoms with Gasteiger partial charge in [0.1, 0.15) is 5.82 Å². The average Bonchev–Trinajstić information content (AvgIpc) is 2.86. The van der Waals surface area contributed by atoms with Crippen LogP contribution < -0.4 is 4.74 Å². The molecule has 0 spiro atoms. The number of aromatic amines is 1. The Morgan fingerprint density at radius 1 is 1.05 bits per heavy atom. The topological polar surface area (TPSA) is 25.0 Å². The summed E-state index contributed by atoms with van der Waals surface area (Å²) in [4.78, 5) is 2.92. The van der Waals surface area contributed by atoms with Gasteiger partial charge in [-0.15, -0.1) is 0 Å². The Hall–Kier alpha value is -0.990. The van der Waals surface area contributed by atoms with Crippen LogP contribution in [0.15, 0.2) is 6.20 Å². The number of hydrogen-bond acceptors (Lipinski definition) is 1. The Morgan fingerprint density at radius 2 is 1.62 bits per heavy atom. The first kappa shape index (κ1) is 18.1. The van der Waals surface area contributed by atoms with E-state index in [0.29, 0.717) is 5.88 Å². The summed E-state index contributed by atoms with van der Waals surface area (Å²) in [6.45, 7) is 6.62. The smallest absolute Gasteiger partial charge is 0.197 e. The molecule has 1 unspecified atom stereocenters. The second-order valence-electron chi connectivity index (χ2n) is 6.37. The summed E-state index contributed by atoms with van der Waals surface area (Å²) in [5.41, 5.74) is 0.621. The molecular weight excluding hydrogens is 265 g/mol. The van der Waals surface area contributed by atoms with Crippen molar-refractivity contribution in [1.29, 1.82) is 0 Å². The molecule has 0 aliphatic rings. The minimum absolute atomic E-state index is 0.127. The van der Waals surface area contributed by atoms with Crippen molar-refractivity contribution in [3.8, 4) is 5.88 Å². The van der Waals surface area contributed by atoms with Gasteiger partial charge in [0.2, 0.25) is 0 Å². The quantitative estimate of drug-likeness (QED) is 0.500. The maximum atomic E-state index is 14.3. The standard InChI is InChI=1S/C18H32FNO/c1-5-7-9-11-13-18(3,12-10-8-6-2)16-15(19)14-20-17(16)21-4/h14,20H,5-13H2,1-4H3. The van der Waals surface area contributed by atoms with E-state index in [2.05, 4.69) is 25.8 Å². The summed E-state index contributed by atoms with van der Waals surface area (Å²) in [7, 11) is 1.61. The number of hydrogen-bond donors (Lipinski definition) is 1. The fourth-order valence-corrected chi connectivity index (χ4v) is 3.19. The van der Waals surface area contributed by atoms with E-state index in [1.165, 1.54) is 38.3 Å². The zero-order valence-electron chi connectivity index (χ0n) is 14.2. The van der Waals surface area contributed by atoms with Crippen molar-refractivity contribution < 1.29 is 9.13 Å². The number of H-pyrrole nitrogens is 1. The predicted molar refractivity (Wildman–Crippen MR) is 87.6 cm³/mol. The lowest BCUT2D eigenvalue weighted by Crippen LogP contribution is -2.23. The summed E-state index contributed by atoms with van der Waals surface area (Å²) in [6, 6.07) is 0. The molecule has 0 radical (unpaired) electrons. The maximum absolute atomic E-state index is 14.3. The lowest BCUT2D eigenvalue weighted by molar-refractivity contribution is 0.326. The SMILES string of the molecule is CCCCCCC(C)(CCCCC)c1c(F)c[nH]c1OC. The van der Waals surface area contributed by atoms with Crippen LogP contribution >= 0.6 is 0 Å². The van der Waals surface area contributed by atoms with E-state index in [9.17, 15) is 4.39 Å². The van der Waals surface area contributed by atoms with E-state index in [-0.39, 0.29) is 11.2 Å². The van der Waals surface area contributed by atoms with Crippen molar-refractivity contribution >= 4 is 0 Å². The Balaban J connectivity index is 2.85. The number of rotatable bonds is 11. The Morgan fingerprint density at radius 3 is 2.19 bits per heavy atom. The number of unbranched alkanes of at least 4 members (excludes halogenated alkanes) is 5. The van der Waals surface area contributed by atoms with Crippen molar-refractivity contribution in [1.82, 2.24) is 4.98 Å². The fraction of sp³-hybridized carbons (Fsp3) is 0.778. The molecule has 1 aromatic heterocycles. The largest absolute Gasteiger partial charge is 0.482 e. The number of halogens is 1. The van der Waals surface area contributed by atoms with Crippen molar-refractivity contribution in [3.63, 3.8) is 0 Å². The first-order chi connectivity index (χ1) is 10.1. The molecule has 1 N–H and O–H groups in total. The highest BCUT2D eigenvalue weighted by Crippen LogP contribution is 2.41. The normalized spacial score (nSPS) is 14.1. The van der Waals surface area contributed by atoms with Gasteiger partial charge in [0.25, 0.3) is 0 Å². The van der Waals surface area contributed by atoms with Crippen LogP contribution in [0.25, 0.3) is 0 Å². The van der Waals surface area contributed by atoms with Gasteiger partial charge in [0.05, 0.1) is 12.7 Å². The number of methoxy groups -OCH3 is 1. The molecule has 21 heavy (non-hydrogen) atoms. The molecule has 3 heteroatoms. The summed E-state index contributed by atoms with van der Waals surface area (Å²) in [5.74, 6) is 0.448. The van der Waals surface area contributed by atoms with Crippen LogP contribution in [0.1, 0.15) is 84.1 Å². The third-order valence-electron chi connectivity index (χ3n) is 4.52. The van der Waals surface area contributed by atoms with E-state index in [4.69, 9.17) is 4.74 Å². The molecule has 122 valence electrons. The zero-order chi connectivity index (χ0) is 15.7. The first-order valence-corrected chi connectivity index (χ1v) is 8.50. The lowest BCUT2D eigenvalue weighted by Gasteiger charge is -2.30. The first-order valence-electron chi connectivity index (χ1n) is 8.50. The van der Waals surface area contributed by atoms with Crippen molar-refractivity contribution in [2.45, 2.75) is 84.0 Å². The fourth-order valence-electron chi connectivity index (χ4n) is 3.19. The van der Waals surface area contributed by atoms with Crippen LogP contribution in [0.4, 0.5) is 4.39 Å². The van der Waals surface area contributed by atoms with Gasteiger partial charge in [-0.25, -0.2) is 4.39 Å². The van der Waals surface area contributed by atoms with Crippen LogP contribution in [-0.2, 0) is 5.41 Å². The minimum Gasteiger partial charge on any atom is -0.482 e. The van der Waals surface area contributed by atoms with Gasteiger partial charge in [-0.2, -0.15) is 0 Å². The second-order valence-corrected chi connectivity index (χ2v) is 6.37. The van der Waals surface area contributed by atoms with Crippen LogP contribution in [-0.4, -0.2) is 12.1 Å².